The van der Waals surface area contributed by atoms with Gasteiger partial charge < -0.3 is 5.11 Å². The van der Waals surface area contributed by atoms with Crippen LogP contribution in [0, 0.1) is 11.3 Å². The average Bonchev–Trinajstić information content (AvgIpc) is 1.92. The Kier molecular flexibility index (Phi) is 2.62. The molecular weight excluding hydrogens is 148 g/mol. The molecule has 0 bridgehead atoms. The first kappa shape index (κ1) is 9.79. The Bertz CT molecular complexity index is 186. The third-order valence-corrected chi connectivity index (χ3v) is 2.77. The first-order chi connectivity index (χ1) is 5.41. The monoisotopic (exact) mass is 168 g/mol. The van der Waals surface area contributed by atoms with E-state index in [0.29, 0.717) is 5.92 Å². The summed E-state index contributed by atoms with van der Waals surface area (Å²) in [4.78, 5) is 0. The molecule has 0 amide bonds. The van der Waals surface area contributed by atoms with E-state index in [9.17, 15) is 5.11 Å². The standard InChI is InChI=1S/C11H20O/c1-8-7-9(11(2,3)4)5-6-10(8)12/h5,8,10,12H,6-7H2,1-4H3/t8-,10+/m0/s1. The normalized spacial score (nSPS) is 31.6. The molecule has 1 nitrogen and oxygen atoms in total. The van der Waals surface area contributed by atoms with Gasteiger partial charge in [-0.15, -0.1) is 0 Å². The largest absolute Gasteiger partial charge is 0.393 e. The summed E-state index contributed by atoms with van der Waals surface area (Å²) in [7, 11) is 0. The van der Waals surface area contributed by atoms with Crippen LogP contribution in [0.5, 0.6) is 0 Å². The zero-order valence-corrected chi connectivity index (χ0v) is 8.59. The summed E-state index contributed by atoms with van der Waals surface area (Å²) in [6.07, 6.45) is 4.00. The van der Waals surface area contributed by atoms with Crippen molar-refractivity contribution < 1.29 is 5.11 Å². The van der Waals surface area contributed by atoms with Gasteiger partial charge in [-0.05, 0) is 24.2 Å². The van der Waals surface area contributed by atoms with E-state index in [2.05, 4.69) is 33.8 Å². The number of hydrogen-bond acceptors (Lipinski definition) is 1. The minimum atomic E-state index is -0.115. The molecule has 1 rings (SSSR count). The molecular formula is C11H20O. The molecule has 0 saturated heterocycles. The van der Waals surface area contributed by atoms with Crippen molar-refractivity contribution in [2.45, 2.75) is 46.6 Å². The van der Waals surface area contributed by atoms with Crippen molar-refractivity contribution in [3.8, 4) is 0 Å². The summed E-state index contributed by atoms with van der Waals surface area (Å²) in [6, 6.07) is 0. The lowest BCUT2D eigenvalue weighted by Crippen LogP contribution is -2.25. The summed E-state index contributed by atoms with van der Waals surface area (Å²) >= 11 is 0. The average molecular weight is 168 g/mol. The van der Waals surface area contributed by atoms with Crippen LogP contribution in [0.3, 0.4) is 0 Å². The van der Waals surface area contributed by atoms with Gasteiger partial charge in [0, 0.05) is 0 Å². The van der Waals surface area contributed by atoms with Crippen molar-refractivity contribution in [3.05, 3.63) is 11.6 Å². The molecule has 0 aromatic rings. The first-order valence-electron chi connectivity index (χ1n) is 4.79. The van der Waals surface area contributed by atoms with Crippen molar-refractivity contribution >= 4 is 0 Å². The van der Waals surface area contributed by atoms with Gasteiger partial charge in [0.2, 0.25) is 0 Å². The SMILES string of the molecule is C[C@H]1CC(C(C)(C)C)=CC[C@H]1O. The fourth-order valence-electron chi connectivity index (χ4n) is 1.67. The lowest BCUT2D eigenvalue weighted by molar-refractivity contribution is 0.108. The highest BCUT2D eigenvalue weighted by Crippen LogP contribution is 2.35. The van der Waals surface area contributed by atoms with E-state index in [-0.39, 0.29) is 11.5 Å². The molecule has 1 N–H and O–H groups in total. The van der Waals surface area contributed by atoms with Crippen molar-refractivity contribution in [3.63, 3.8) is 0 Å². The van der Waals surface area contributed by atoms with Gasteiger partial charge in [-0.2, -0.15) is 0 Å². The lowest BCUT2D eigenvalue weighted by Gasteiger charge is -2.31. The molecule has 0 fully saturated rings. The van der Waals surface area contributed by atoms with Gasteiger partial charge >= 0.3 is 0 Å². The van der Waals surface area contributed by atoms with Crippen molar-refractivity contribution in [2.24, 2.45) is 11.3 Å². The molecule has 70 valence electrons. The van der Waals surface area contributed by atoms with Crippen molar-refractivity contribution in [1.82, 2.24) is 0 Å². The zero-order valence-electron chi connectivity index (χ0n) is 8.59. The van der Waals surface area contributed by atoms with Gasteiger partial charge in [-0.25, -0.2) is 0 Å². The smallest absolute Gasteiger partial charge is 0.0603 e. The fourth-order valence-corrected chi connectivity index (χ4v) is 1.67. The van der Waals surface area contributed by atoms with Crippen LogP contribution < -0.4 is 0 Å². The van der Waals surface area contributed by atoms with Crippen LogP contribution in [0.1, 0.15) is 40.5 Å². The molecule has 0 aromatic heterocycles. The second-order valence-electron chi connectivity index (χ2n) is 4.96. The van der Waals surface area contributed by atoms with Crippen LogP contribution in [0.2, 0.25) is 0 Å². The summed E-state index contributed by atoms with van der Waals surface area (Å²) in [5.41, 5.74) is 1.79. The second kappa shape index (κ2) is 3.21. The third-order valence-electron chi connectivity index (χ3n) is 2.77. The van der Waals surface area contributed by atoms with Gasteiger partial charge in [0.05, 0.1) is 6.10 Å². The van der Waals surface area contributed by atoms with Crippen LogP contribution in [0.25, 0.3) is 0 Å². The predicted molar refractivity (Wildman–Crippen MR) is 51.9 cm³/mol. The van der Waals surface area contributed by atoms with E-state index < -0.39 is 0 Å². The Hall–Kier alpha value is -0.300. The van der Waals surface area contributed by atoms with E-state index in [1.165, 1.54) is 5.57 Å². The quantitative estimate of drug-likeness (QED) is 0.551. The predicted octanol–water partition coefficient (Wildman–Crippen LogP) is 2.75. The summed E-state index contributed by atoms with van der Waals surface area (Å²) < 4.78 is 0. The second-order valence-corrected chi connectivity index (χ2v) is 4.96. The van der Waals surface area contributed by atoms with Crippen LogP contribution in [0.15, 0.2) is 11.6 Å². The molecule has 12 heavy (non-hydrogen) atoms. The maximum Gasteiger partial charge on any atom is 0.0603 e. The highest BCUT2D eigenvalue weighted by molar-refractivity contribution is 5.15. The van der Waals surface area contributed by atoms with Gasteiger partial charge in [0.25, 0.3) is 0 Å². The number of hydrogen-bond donors (Lipinski definition) is 1. The summed E-state index contributed by atoms with van der Waals surface area (Å²) in [6.45, 7) is 8.85. The minimum Gasteiger partial charge on any atom is -0.393 e. The van der Waals surface area contributed by atoms with Crippen LogP contribution in [0.4, 0.5) is 0 Å². The Morgan fingerprint density at radius 2 is 2.00 bits per heavy atom. The van der Waals surface area contributed by atoms with Gasteiger partial charge in [0.15, 0.2) is 0 Å². The summed E-state index contributed by atoms with van der Waals surface area (Å²) in [5, 5.41) is 9.52. The highest BCUT2D eigenvalue weighted by atomic mass is 16.3. The topological polar surface area (TPSA) is 20.2 Å². The van der Waals surface area contributed by atoms with Gasteiger partial charge in [0.1, 0.15) is 0 Å². The van der Waals surface area contributed by atoms with Crippen LogP contribution >= 0.6 is 0 Å². The van der Waals surface area contributed by atoms with Gasteiger partial charge in [-0.3, -0.25) is 0 Å². The van der Waals surface area contributed by atoms with Crippen molar-refractivity contribution in [1.29, 1.82) is 0 Å². The summed E-state index contributed by atoms with van der Waals surface area (Å²) in [5.74, 6) is 0.434. The molecule has 1 heteroatoms. The van der Waals surface area contributed by atoms with E-state index in [1.807, 2.05) is 0 Å². The molecule has 0 saturated carbocycles. The lowest BCUT2D eigenvalue weighted by atomic mass is 9.76. The molecule has 0 radical (unpaired) electrons. The minimum absolute atomic E-state index is 0.115. The fraction of sp³-hybridized carbons (Fsp3) is 0.818. The van der Waals surface area contributed by atoms with E-state index >= 15 is 0 Å². The molecule has 0 heterocycles. The molecule has 0 aliphatic heterocycles. The number of rotatable bonds is 0. The molecule has 0 spiro atoms. The Labute approximate surface area is 75.5 Å². The van der Waals surface area contributed by atoms with Crippen LogP contribution in [-0.4, -0.2) is 11.2 Å². The molecule has 1 aliphatic carbocycles. The highest BCUT2D eigenvalue weighted by Gasteiger charge is 2.25. The van der Waals surface area contributed by atoms with Crippen molar-refractivity contribution in [2.75, 3.05) is 0 Å². The van der Waals surface area contributed by atoms with Crippen LogP contribution in [-0.2, 0) is 0 Å². The number of aliphatic hydroxyl groups is 1. The Morgan fingerprint density at radius 1 is 1.42 bits per heavy atom. The van der Waals surface area contributed by atoms with E-state index in [0.717, 1.165) is 12.8 Å². The molecule has 0 aromatic carbocycles. The number of aliphatic hydroxyl groups excluding tert-OH is 1. The molecule has 1 aliphatic rings. The number of allylic oxidation sites excluding steroid dienone is 1. The molecule has 2 atom stereocenters. The third kappa shape index (κ3) is 2.10. The first-order valence-corrected chi connectivity index (χ1v) is 4.79. The van der Waals surface area contributed by atoms with E-state index in [4.69, 9.17) is 0 Å². The molecule has 0 unspecified atom stereocenters. The van der Waals surface area contributed by atoms with E-state index in [1.54, 1.807) is 0 Å². The zero-order chi connectivity index (χ0) is 9.35. The Balaban J connectivity index is 2.71. The maximum atomic E-state index is 9.52. The maximum absolute atomic E-state index is 9.52. The van der Waals surface area contributed by atoms with Gasteiger partial charge in [-0.1, -0.05) is 39.3 Å². The Morgan fingerprint density at radius 3 is 2.42 bits per heavy atom.